The molecule has 2 aliphatic rings. The van der Waals surface area contributed by atoms with Crippen LogP contribution < -0.4 is 10.6 Å². The number of aromatic nitrogens is 5. The van der Waals surface area contributed by atoms with E-state index < -0.39 is 0 Å². The Balaban J connectivity index is 1.25. The highest BCUT2D eigenvalue weighted by molar-refractivity contribution is 7.99. The van der Waals surface area contributed by atoms with Crippen molar-refractivity contribution in [2.75, 3.05) is 23.7 Å². The summed E-state index contributed by atoms with van der Waals surface area (Å²) in [5.41, 5.74) is 9.75. The van der Waals surface area contributed by atoms with E-state index in [0.717, 1.165) is 53.7 Å². The Hall–Kier alpha value is -2.84. The summed E-state index contributed by atoms with van der Waals surface area (Å²) >= 11 is 7.86. The van der Waals surface area contributed by atoms with E-state index in [1.807, 2.05) is 30.9 Å². The summed E-state index contributed by atoms with van der Waals surface area (Å²) in [4.78, 5) is 22.3. The number of imidazole rings is 1. The molecule has 9 heteroatoms. The van der Waals surface area contributed by atoms with Crippen molar-refractivity contribution in [2.24, 2.45) is 5.41 Å². The Morgan fingerprint density at radius 2 is 1.91 bits per heavy atom. The van der Waals surface area contributed by atoms with Crippen LogP contribution in [0.5, 0.6) is 0 Å². The summed E-state index contributed by atoms with van der Waals surface area (Å²) in [6, 6.07) is 6.18. The molecule has 0 bridgehead atoms. The van der Waals surface area contributed by atoms with Crippen LogP contribution in [0.25, 0.3) is 5.65 Å². The Bertz CT molecular complexity index is 1350. The molecule has 33 heavy (non-hydrogen) atoms. The van der Waals surface area contributed by atoms with Gasteiger partial charge in [-0.25, -0.2) is 15.0 Å². The van der Waals surface area contributed by atoms with Crippen LogP contribution >= 0.6 is 23.4 Å². The molecular formula is C24H24ClN7S. The first-order valence-corrected chi connectivity index (χ1v) is 12.3. The van der Waals surface area contributed by atoms with Crippen molar-refractivity contribution in [3.63, 3.8) is 0 Å². The fraction of sp³-hybridized carbons (Fsp3) is 0.333. The van der Waals surface area contributed by atoms with E-state index in [2.05, 4.69) is 43.3 Å². The molecule has 7 nitrogen and oxygen atoms in total. The third-order valence-corrected chi connectivity index (χ3v) is 8.92. The average molecular weight is 478 g/mol. The molecular weight excluding hydrogens is 454 g/mol. The van der Waals surface area contributed by atoms with E-state index in [1.54, 1.807) is 6.20 Å². The van der Waals surface area contributed by atoms with Crippen molar-refractivity contribution in [1.82, 2.24) is 24.3 Å². The zero-order chi connectivity index (χ0) is 22.6. The number of anilines is 2. The Labute approximate surface area is 201 Å². The van der Waals surface area contributed by atoms with Crippen LogP contribution in [0.3, 0.4) is 0 Å². The second-order valence-corrected chi connectivity index (χ2v) is 10.4. The van der Waals surface area contributed by atoms with Gasteiger partial charge in [0.05, 0.1) is 9.92 Å². The van der Waals surface area contributed by atoms with E-state index in [4.69, 9.17) is 22.3 Å². The molecule has 4 aromatic rings. The molecule has 0 radical (unpaired) electrons. The normalized spacial score (nSPS) is 19.3. The highest BCUT2D eigenvalue weighted by atomic mass is 35.5. The molecule has 0 saturated carbocycles. The first kappa shape index (κ1) is 20.7. The lowest BCUT2D eigenvalue weighted by Gasteiger charge is -2.42. The maximum absolute atomic E-state index is 6.36. The van der Waals surface area contributed by atoms with Crippen LogP contribution in [0.1, 0.15) is 36.9 Å². The van der Waals surface area contributed by atoms with Gasteiger partial charge in [0, 0.05) is 54.7 Å². The maximum atomic E-state index is 6.36. The molecule has 1 aliphatic heterocycles. The molecule has 6 rings (SSSR count). The van der Waals surface area contributed by atoms with Gasteiger partial charge in [-0.3, -0.25) is 9.38 Å². The van der Waals surface area contributed by atoms with Crippen LogP contribution in [-0.2, 0) is 6.42 Å². The predicted molar refractivity (Wildman–Crippen MR) is 131 cm³/mol. The van der Waals surface area contributed by atoms with Crippen molar-refractivity contribution >= 4 is 40.8 Å². The number of halogens is 1. The van der Waals surface area contributed by atoms with Gasteiger partial charge in [0.2, 0.25) is 5.95 Å². The third-order valence-electron chi connectivity index (χ3n) is 7.35. The van der Waals surface area contributed by atoms with Gasteiger partial charge in [0.15, 0.2) is 5.65 Å². The first-order valence-electron chi connectivity index (χ1n) is 11.1. The number of pyridine rings is 2. The standard InChI is InChI=1S/C24H24ClN7S/c1-15-16-3-2-7-27-17(16)13-24(15)5-10-31(11-6-24)23-30-14-19(22-29-9-12-32(22)23)33-18-4-8-28-21(26)20(18)25/h2-4,7-9,12,14-15H,5-6,10-11,13H2,1H3,(H2,26,28)/t15-/m1/s1. The van der Waals surface area contributed by atoms with Crippen LogP contribution in [0, 0.1) is 5.41 Å². The van der Waals surface area contributed by atoms with E-state index in [-0.39, 0.29) is 0 Å². The van der Waals surface area contributed by atoms with Crippen molar-refractivity contribution < 1.29 is 0 Å². The van der Waals surface area contributed by atoms with E-state index >= 15 is 0 Å². The summed E-state index contributed by atoms with van der Waals surface area (Å²) in [7, 11) is 0. The topological polar surface area (TPSA) is 85.2 Å². The van der Waals surface area contributed by atoms with Gasteiger partial charge in [0.1, 0.15) is 5.82 Å². The number of nitrogen functional groups attached to an aromatic ring is 1. The van der Waals surface area contributed by atoms with Gasteiger partial charge in [-0.2, -0.15) is 0 Å². The van der Waals surface area contributed by atoms with Crippen molar-refractivity contribution in [3.05, 3.63) is 65.5 Å². The number of rotatable bonds is 3. The number of hydrogen-bond acceptors (Lipinski definition) is 7. The molecule has 4 aromatic heterocycles. The van der Waals surface area contributed by atoms with Gasteiger partial charge in [-0.1, -0.05) is 36.4 Å². The molecule has 0 amide bonds. The van der Waals surface area contributed by atoms with Gasteiger partial charge in [-0.05, 0) is 48.3 Å². The number of fused-ring (bicyclic) bond motifs is 2. The third kappa shape index (κ3) is 3.35. The minimum absolute atomic E-state index is 0.301. The van der Waals surface area contributed by atoms with E-state index in [1.165, 1.54) is 23.0 Å². The van der Waals surface area contributed by atoms with Gasteiger partial charge < -0.3 is 10.6 Å². The van der Waals surface area contributed by atoms with Gasteiger partial charge in [0.25, 0.3) is 0 Å². The predicted octanol–water partition coefficient (Wildman–Crippen LogP) is 4.85. The SMILES string of the molecule is C[C@@H]1c2cccnc2CC12CCN(c1ncc(Sc3ccnc(N)c3Cl)c3nccn13)CC2. The second-order valence-electron chi connectivity index (χ2n) is 8.94. The molecule has 168 valence electrons. The summed E-state index contributed by atoms with van der Waals surface area (Å²) in [5, 5.41) is 0.457. The van der Waals surface area contributed by atoms with Crippen LogP contribution in [0.2, 0.25) is 5.02 Å². The highest BCUT2D eigenvalue weighted by Gasteiger charge is 2.46. The Morgan fingerprint density at radius 3 is 2.73 bits per heavy atom. The van der Waals surface area contributed by atoms with Crippen LogP contribution in [-0.4, -0.2) is 37.4 Å². The van der Waals surface area contributed by atoms with Gasteiger partial charge >= 0.3 is 0 Å². The minimum Gasteiger partial charge on any atom is -0.382 e. The minimum atomic E-state index is 0.301. The van der Waals surface area contributed by atoms with Crippen molar-refractivity contribution in [1.29, 1.82) is 0 Å². The van der Waals surface area contributed by atoms with Crippen LogP contribution in [0.4, 0.5) is 11.8 Å². The summed E-state index contributed by atoms with van der Waals surface area (Å²) < 4.78 is 2.08. The maximum Gasteiger partial charge on any atom is 0.211 e. The monoisotopic (exact) mass is 477 g/mol. The molecule has 1 fully saturated rings. The quantitative estimate of drug-likeness (QED) is 0.451. The molecule has 0 unspecified atom stereocenters. The number of piperidine rings is 1. The lowest BCUT2D eigenvalue weighted by atomic mass is 9.70. The number of nitrogens with two attached hydrogens (primary N) is 1. The largest absolute Gasteiger partial charge is 0.382 e. The van der Waals surface area contributed by atoms with E-state index in [0.29, 0.717) is 22.2 Å². The molecule has 1 atom stereocenters. The molecule has 1 aliphatic carbocycles. The first-order chi connectivity index (χ1) is 16.1. The molecule has 2 N–H and O–H groups in total. The summed E-state index contributed by atoms with van der Waals surface area (Å²) in [6.07, 6.45) is 12.6. The lowest BCUT2D eigenvalue weighted by Crippen LogP contribution is -2.42. The highest BCUT2D eigenvalue weighted by Crippen LogP contribution is 2.52. The average Bonchev–Trinajstić information content (AvgIpc) is 3.42. The number of nitrogens with zero attached hydrogens (tertiary/aromatic N) is 6. The molecule has 5 heterocycles. The van der Waals surface area contributed by atoms with Gasteiger partial charge in [-0.15, -0.1) is 0 Å². The fourth-order valence-electron chi connectivity index (χ4n) is 5.40. The molecule has 1 saturated heterocycles. The fourth-order valence-corrected chi connectivity index (χ4v) is 6.53. The summed E-state index contributed by atoms with van der Waals surface area (Å²) in [5.74, 6) is 1.80. The second kappa shape index (κ2) is 7.88. The lowest BCUT2D eigenvalue weighted by molar-refractivity contribution is 0.192. The molecule has 0 aromatic carbocycles. The van der Waals surface area contributed by atoms with Crippen molar-refractivity contribution in [2.45, 2.75) is 41.9 Å². The van der Waals surface area contributed by atoms with Crippen LogP contribution in [0.15, 0.2) is 59.0 Å². The zero-order valence-electron chi connectivity index (χ0n) is 18.3. The zero-order valence-corrected chi connectivity index (χ0v) is 19.9. The Morgan fingerprint density at radius 1 is 1.06 bits per heavy atom. The van der Waals surface area contributed by atoms with E-state index in [9.17, 15) is 0 Å². The van der Waals surface area contributed by atoms with Crippen molar-refractivity contribution in [3.8, 4) is 0 Å². The molecule has 1 spiro atoms. The number of hydrogen-bond donors (Lipinski definition) is 1. The smallest absolute Gasteiger partial charge is 0.211 e. The Kier molecular flexibility index (Phi) is 4.96. The summed E-state index contributed by atoms with van der Waals surface area (Å²) in [6.45, 7) is 4.31.